The predicted molar refractivity (Wildman–Crippen MR) is 66.3 cm³/mol. The van der Waals surface area contributed by atoms with E-state index in [9.17, 15) is 4.79 Å². The highest BCUT2D eigenvalue weighted by Gasteiger charge is 2.38. The van der Waals surface area contributed by atoms with Gasteiger partial charge in [-0.05, 0) is 25.5 Å². The molecule has 0 saturated carbocycles. The topological polar surface area (TPSA) is 85.2 Å². The Bertz CT molecular complexity index is 417. The van der Waals surface area contributed by atoms with Gasteiger partial charge in [0, 0.05) is 19.6 Å². The second-order valence-corrected chi connectivity index (χ2v) is 4.81. The average molecular weight is 234 g/mol. The van der Waals surface area contributed by atoms with E-state index in [1.165, 1.54) is 0 Å². The Labute approximate surface area is 101 Å². The number of carbonyl (C=O) groups is 1. The van der Waals surface area contributed by atoms with Crippen molar-refractivity contribution in [1.82, 2.24) is 4.98 Å². The van der Waals surface area contributed by atoms with E-state index >= 15 is 0 Å². The van der Waals surface area contributed by atoms with Gasteiger partial charge in [0.2, 0.25) is 5.91 Å². The van der Waals surface area contributed by atoms with Gasteiger partial charge in [-0.3, -0.25) is 9.78 Å². The van der Waals surface area contributed by atoms with Crippen molar-refractivity contribution >= 4 is 11.6 Å². The Morgan fingerprint density at radius 1 is 1.59 bits per heavy atom. The van der Waals surface area contributed by atoms with Crippen molar-refractivity contribution < 1.29 is 4.79 Å². The van der Waals surface area contributed by atoms with Crippen LogP contribution in [0.2, 0.25) is 0 Å². The number of primary amides is 1. The summed E-state index contributed by atoms with van der Waals surface area (Å²) >= 11 is 0. The van der Waals surface area contributed by atoms with Crippen molar-refractivity contribution in [3.05, 3.63) is 24.0 Å². The fraction of sp³-hybridized carbons (Fsp3) is 0.500. The number of hydrogen-bond donors (Lipinski definition) is 2. The second kappa shape index (κ2) is 4.33. The fourth-order valence-corrected chi connectivity index (χ4v) is 2.11. The summed E-state index contributed by atoms with van der Waals surface area (Å²) in [6.07, 6.45) is 2.59. The van der Waals surface area contributed by atoms with Crippen molar-refractivity contribution in [3.63, 3.8) is 0 Å². The van der Waals surface area contributed by atoms with Crippen LogP contribution in [0.4, 0.5) is 5.69 Å². The molecule has 0 aliphatic carbocycles. The van der Waals surface area contributed by atoms with Crippen molar-refractivity contribution in [1.29, 1.82) is 0 Å². The zero-order valence-electron chi connectivity index (χ0n) is 10.0. The quantitative estimate of drug-likeness (QED) is 0.784. The molecule has 1 fully saturated rings. The molecule has 1 atom stereocenters. The number of anilines is 1. The van der Waals surface area contributed by atoms with E-state index in [2.05, 4.69) is 9.88 Å². The number of aromatic nitrogens is 1. The molecule has 17 heavy (non-hydrogen) atoms. The molecule has 1 saturated heterocycles. The minimum absolute atomic E-state index is 0.230. The Kier molecular flexibility index (Phi) is 3.02. The van der Waals surface area contributed by atoms with Gasteiger partial charge in [0.25, 0.3) is 0 Å². The number of amides is 1. The van der Waals surface area contributed by atoms with Gasteiger partial charge in [-0.25, -0.2) is 0 Å². The number of pyridine rings is 1. The zero-order valence-corrected chi connectivity index (χ0v) is 10.0. The highest BCUT2D eigenvalue weighted by molar-refractivity contribution is 5.82. The number of rotatable bonds is 3. The summed E-state index contributed by atoms with van der Waals surface area (Å²) in [7, 11) is 0. The first-order chi connectivity index (χ1) is 8.05. The summed E-state index contributed by atoms with van der Waals surface area (Å²) in [5.41, 5.74) is 12.4. The van der Waals surface area contributed by atoms with Gasteiger partial charge < -0.3 is 16.4 Å². The van der Waals surface area contributed by atoms with Crippen LogP contribution in [0.25, 0.3) is 0 Å². The molecule has 0 bridgehead atoms. The third-order valence-corrected chi connectivity index (χ3v) is 3.45. The van der Waals surface area contributed by atoms with Gasteiger partial charge in [-0.1, -0.05) is 0 Å². The molecule has 2 rings (SSSR count). The van der Waals surface area contributed by atoms with Crippen LogP contribution in [-0.4, -0.2) is 24.0 Å². The molecule has 1 aliphatic heterocycles. The molecule has 1 unspecified atom stereocenters. The van der Waals surface area contributed by atoms with Gasteiger partial charge >= 0.3 is 0 Å². The molecule has 92 valence electrons. The van der Waals surface area contributed by atoms with E-state index < -0.39 is 5.41 Å². The summed E-state index contributed by atoms with van der Waals surface area (Å²) in [6.45, 7) is 3.85. The number of nitrogens with zero attached hydrogens (tertiary/aromatic N) is 2. The molecule has 2 heterocycles. The normalized spacial score (nSPS) is 24.0. The summed E-state index contributed by atoms with van der Waals surface area (Å²) in [5, 5.41) is 0. The first kappa shape index (κ1) is 11.9. The molecule has 5 nitrogen and oxygen atoms in total. The number of hydrogen-bond acceptors (Lipinski definition) is 4. The summed E-state index contributed by atoms with van der Waals surface area (Å²) in [4.78, 5) is 17.8. The Morgan fingerprint density at radius 3 is 2.82 bits per heavy atom. The maximum Gasteiger partial charge on any atom is 0.225 e. The average Bonchev–Trinajstić information content (AvgIpc) is 2.74. The smallest absolute Gasteiger partial charge is 0.225 e. The molecule has 4 N–H and O–H groups in total. The molecule has 1 amide bonds. The summed E-state index contributed by atoms with van der Waals surface area (Å²) < 4.78 is 0. The number of nitrogens with two attached hydrogens (primary N) is 2. The Hall–Kier alpha value is -1.62. The predicted octanol–water partition coefficient (Wildman–Crippen LogP) is 0.242. The maximum absolute atomic E-state index is 11.4. The lowest BCUT2D eigenvalue weighted by Gasteiger charge is -2.22. The van der Waals surface area contributed by atoms with Crippen molar-refractivity contribution in [2.24, 2.45) is 16.9 Å². The fourth-order valence-electron chi connectivity index (χ4n) is 2.11. The minimum atomic E-state index is -0.424. The standard InChI is InChI=1S/C12H18N4O/c1-12(11(14)17)4-5-16(8-12)10-3-2-9(6-13)15-7-10/h2-3,7H,4-6,8,13H2,1H3,(H2,14,17). The van der Waals surface area contributed by atoms with Gasteiger partial charge in [0.15, 0.2) is 0 Å². The van der Waals surface area contributed by atoms with Gasteiger partial charge in [0.1, 0.15) is 0 Å². The lowest BCUT2D eigenvalue weighted by atomic mass is 9.89. The minimum Gasteiger partial charge on any atom is -0.369 e. The molecule has 0 radical (unpaired) electrons. The van der Waals surface area contributed by atoms with E-state index in [1.54, 1.807) is 6.20 Å². The summed E-state index contributed by atoms with van der Waals surface area (Å²) in [5.74, 6) is -0.230. The van der Waals surface area contributed by atoms with Crippen LogP contribution >= 0.6 is 0 Å². The second-order valence-electron chi connectivity index (χ2n) is 4.81. The molecule has 5 heteroatoms. The van der Waals surface area contributed by atoms with Crippen LogP contribution in [0.1, 0.15) is 19.0 Å². The van der Waals surface area contributed by atoms with Crippen LogP contribution in [0.5, 0.6) is 0 Å². The highest BCUT2D eigenvalue weighted by atomic mass is 16.1. The van der Waals surface area contributed by atoms with Crippen molar-refractivity contribution in [2.45, 2.75) is 19.9 Å². The molecule has 0 aromatic carbocycles. The Balaban J connectivity index is 2.12. The van der Waals surface area contributed by atoms with Crippen molar-refractivity contribution in [2.75, 3.05) is 18.0 Å². The monoisotopic (exact) mass is 234 g/mol. The zero-order chi connectivity index (χ0) is 12.5. The molecule has 1 aromatic heterocycles. The summed E-state index contributed by atoms with van der Waals surface area (Å²) in [6, 6.07) is 3.90. The van der Waals surface area contributed by atoms with Gasteiger partial charge in [-0.2, -0.15) is 0 Å². The van der Waals surface area contributed by atoms with Gasteiger partial charge in [0.05, 0.1) is 23.0 Å². The van der Waals surface area contributed by atoms with Crippen LogP contribution in [-0.2, 0) is 11.3 Å². The van der Waals surface area contributed by atoms with Gasteiger partial charge in [-0.15, -0.1) is 0 Å². The van der Waals surface area contributed by atoms with E-state index in [0.29, 0.717) is 13.1 Å². The SMILES string of the molecule is CC1(C(N)=O)CCN(c2ccc(CN)nc2)C1. The number of carbonyl (C=O) groups excluding carboxylic acids is 1. The third kappa shape index (κ3) is 2.24. The van der Waals surface area contributed by atoms with Crippen LogP contribution in [0, 0.1) is 5.41 Å². The lowest BCUT2D eigenvalue weighted by molar-refractivity contribution is -0.125. The molecular formula is C12H18N4O. The highest BCUT2D eigenvalue weighted by Crippen LogP contribution is 2.32. The van der Waals surface area contributed by atoms with Crippen LogP contribution in [0.15, 0.2) is 18.3 Å². The van der Waals surface area contributed by atoms with Crippen molar-refractivity contribution in [3.8, 4) is 0 Å². The molecule has 1 aromatic rings. The maximum atomic E-state index is 11.4. The molecular weight excluding hydrogens is 216 g/mol. The largest absolute Gasteiger partial charge is 0.369 e. The Morgan fingerprint density at radius 2 is 2.35 bits per heavy atom. The first-order valence-corrected chi connectivity index (χ1v) is 5.75. The first-order valence-electron chi connectivity index (χ1n) is 5.75. The van der Waals surface area contributed by atoms with E-state index in [1.807, 2.05) is 19.1 Å². The van der Waals surface area contributed by atoms with Crippen LogP contribution < -0.4 is 16.4 Å². The lowest BCUT2D eigenvalue weighted by Crippen LogP contribution is -2.37. The third-order valence-electron chi connectivity index (χ3n) is 3.45. The van der Waals surface area contributed by atoms with Crippen LogP contribution in [0.3, 0.4) is 0 Å². The van der Waals surface area contributed by atoms with E-state index in [-0.39, 0.29) is 5.91 Å². The molecule has 0 spiro atoms. The van der Waals surface area contributed by atoms with E-state index in [0.717, 1.165) is 24.3 Å². The molecule has 1 aliphatic rings. The van der Waals surface area contributed by atoms with E-state index in [4.69, 9.17) is 11.5 Å².